The summed E-state index contributed by atoms with van der Waals surface area (Å²) >= 11 is 5.45. The molecule has 1 aromatic carbocycles. The van der Waals surface area contributed by atoms with Crippen LogP contribution in [0.15, 0.2) is 42.7 Å². The summed E-state index contributed by atoms with van der Waals surface area (Å²) in [6.07, 6.45) is 3.97. The van der Waals surface area contributed by atoms with Gasteiger partial charge in [-0.05, 0) is 38.3 Å². The summed E-state index contributed by atoms with van der Waals surface area (Å²) < 4.78 is 10.9. The van der Waals surface area contributed by atoms with E-state index in [2.05, 4.69) is 15.1 Å². The molecule has 0 bridgehead atoms. The standard InChI is InChI=1S/C19H24N6O2S/c1-4-27-18(26)10-17-21-25(19(28)23(17)3)14-22(2)12-15-11-20-24(13-15)16-8-6-5-7-9-16/h5-9,11,13H,4,10,12,14H2,1-3H3. The molecule has 0 amide bonds. The second-order valence-electron chi connectivity index (χ2n) is 6.52. The number of esters is 1. The summed E-state index contributed by atoms with van der Waals surface area (Å²) in [5.74, 6) is 0.285. The summed E-state index contributed by atoms with van der Waals surface area (Å²) in [5.41, 5.74) is 2.10. The van der Waals surface area contributed by atoms with Crippen LogP contribution in [0.1, 0.15) is 18.3 Å². The van der Waals surface area contributed by atoms with Crippen molar-refractivity contribution in [2.24, 2.45) is 7.05 Å². The molecule has 3 rings (SSSR count). The van der Waals surface area contributed by atoms with Crippen molar-refractivity contribution in [3.05, 3.63) is 58.9 Å². The average Bonchev–Trinajstić information content (AvgIpc) is 3.23. The normalized spacial score (nSPS) is 11.1. The molecule has 9 heteroatoms. The molecule has 0 aliphatic heterocycles. The fourth-order valence-corrected chi connectivity index (χ4v) is 3.08. The number of carbonyl (C=O) groups is 1. The van der Waals surface area contributed by atoms with Crippen LogP contribution in [-0.4, -0.2) is 48.7 Å². The zero-order valence-corrected chi connectivity index (χ0v) is 17.1. The topological polar surface area (TPSA) is 70.1 Å². The van der Waals surface area contributed by atoms with Crippen LogP contribution >= 0.6 is 12.2 Å². The molecule has 2 aromatic heterocycles. The van der Waals surface area contributed by atoms with Crippen LogP contribution in [-0.2, 0) is 36.2 Å². The molecule has 2 heterocycles. The van der Waals surface area contributed by atoms with E-state index in [-0.39, 0.29) is 12.4 Å². The Morgan fingerprint density at radius 1 is 1.29 bits per heavy atom. The number of aromatic nitrogens is 5. The lowest BCUT2D eigenvalue weighted by atomic mass is 10.3. The van der Waals surface area contributed by atoms with E-state index >= 15 is 0 Å². The summed E-state index contributed by atoms with van der Waals surface area (Å²) in [6.45, 7) is 3.33. The van der Waals surface area contributed by atoms with E-state index in [1.54, 1.807) is 16.2 Å². The molecular weight excluding hydrogens is 376 g/mol. The number of ether oxygens (including phenoxy) is 1. The lowest BCUT2D eigenvalue weighted by Crippen LogP contribution is -2.22. The molecule has 0 fully saturated rings. The van der Waals surface area contributed by atoms with Crippen LogP contribution in [0.2, 0.25) is 0 Å². The first-order valence-corrected chi connectivity index (χ1v) is 9.44. The van der Waals surface area contributed by atoms with Crippen LogP contribution < -0.4 is 0 Å². The van der Waals surface area contributed by atoms with Gasteiger partial charge in [0.25, 0.3) is 0 Å². The van der Waals surface area contributed by atoms with Gasteiger partial charge >= 0.3 is 5.97 Å². The van der Waals surface area contributed by atoms with Gasteiger partial charge in [-0.1, -0.05) is 18.2 Å². The molecule has 0 saturated carbocycles. The molecule has 8 nitrogen and oxygen atoms in total. The van der Waals surface area contributed by atoms with Gasteiger partial charge in [0.2, 0.25) is 0 Å². The van der Waals surface area contributed by atoms with Crippen molar-refractivity contribution < 1.29 is 9.53 Å². The Hall–Kier alpha value is -2.78. The SMILES string of the molecule is CCOC(=O)Cc1nn(CN(C)Cc2cnn(-c3ccccc3)c2)c(=S)n1C. The molecule has 0 N–H and O–H groups in total. The highest BCUT2D eigenvalue weighted by Crippen LogP contribution is 2.10. The van der Waals surface area contributed by atoms with Crippen LogP contribution in [0.4, 0.5) is 0 Å². The lowest BCUT2D eigenvalue weighted by Gasteiger charge is -2.15. The first kappa shape index (κ1) is 20.0. The highest BCUT2D eigenvalue weighted by Gasteiger charge is 2.14. The van der Waals surface area contributed by atoms with Crippen molar-refractivity contribution >= 4 is 18.2 Å². The fraction of sp³-hybridized carbons (Fsp3) is 0.368. The Bertz CT molecular complexity index is 992. The minimum atomic E-state index is -0.306. The summed E-state index contributed by atoms with van der Waals surface area (Å²) in [7, 11) is 3.80. The molecular formula is C19H24N6O2S. The van der Waals surface area contributed by atoms with Gasteiger partial charge in [0.1, 0.15) is 12.2 Å². The van der Waals surface area contributed by atoms with E-state index in [9.17, 15) is 4.79 Å². The van der Waals surface area contributed by atoms with Crippen molar-refractivity contribution in [3.8, 4) is 5.69 Å². The molecule has 148 valence electrons. The number of nitrogens with zero attached hydrogens (tertiary/aromatic N) is 6. The predicted molar refractivity (Wildman–Crippen MR) is 107 cm³/mol. The molecule has 0 aliphatic carbocycles. The van der Waals surface area contributed by atoms with E-state index < -0.39 is 0 Å². The van der Waals surface area contributed by atoms with Crippen molar-refractivity contribution in [2.75, 3.05) is 13.7 Å². The summed E-state index contributed by atoms with van der Waals surface area (Å²) in [6, 6.07) is 9.98. The van der Waals surface area contributed by atoms with Gasteiger partial charge in [0.05, 0.1) is 25.2 Å². The lowest BCUT2D eigenvalue weighted by molar-refractivity contribution is -0.142. The number of hydrogen-bond donors (Lipinski definition) is 0. The highest BCUT2D eigenvalue weighted by atomic mass is 32.1. The van der Waals surface area contributed by atoms with E-state index in [0.717, 1.165) is 11.3 Å². The smallest absolute Gasteiger partial charge is 0.313 e. The van der Waals surface area contributed by atoms with E-state index in [1.165, 1.54) is 0 Å². The third kappa shape index (κ3) is 4.73. The fourth-order valence-electron chi connectivity index (χ4n) is 2.87. The Morgan fingerprint density at radius 2 is 2.04 bits per heavy atom. The minimum absolute atomic E-state index is 0.106. The van der Waals surface area contributed by atoms with Gasteiger partial charge in [-0.25, -0.2) is 9.36 Å². The second-order valence-corrected chi connectivity index (χ2v) is 6.89. The molecule has 0 spiro atoms. The Balaban J connectivity index is 1.65. The number of rotatable bonds is 8. The predicted octanol–water partition coefficient (Wildman–Crippen LogP) is 2.33. The van der Waals surface area contributed by atoms with Crippen LogP contribution in [0.5, 0.6) is 0 Å². The monoisotopic (exact) mass is 400 g/mol. The quantitative estimate of drug-likeness (QED) is 0.427. The van der Waals surface area contributed by atoms with E-state index in [1.807, 2.05) is 61.5 Å². The average molecular weight is 401 g/mol. The Morgan fingerprint density at radius 3 is 2.75 bits per heavy atom. The number of para-hydroxylation sites is 1. The highest BCUT2D eigenvalue weighted by molar-refractivity contribution is 7.71. The molecule has 0 aliphatic rings. The van der Waals surface area contributed by atoms with Gasteiger partial charge in [-0.15, -0.1) is 0 Å². The molecule has 0 saturated heterocycles. The molecule has 0 atom stereocenters. The molecule has 0 unspecified atom stereocenters. The largest absolute Gasteiger partial charge is 0.466 e. The molecule has 28 heavy (non-hydrogen) atoms. The van der Waals surface area contributed by atoms with Gasteiger partial charge in [-0.3, -0.25) is 9.69 Å². The first-order valence-electron chi connectivity index (χ1n) is 9.03. The van der Waals surface area contributed by atoms with Gasteiger partial charge in [0, 0.05) is 25.4 Å². The summed E-state index contributed by atoms with van der Waals surface area (Å²) in [4.78, 5) is 13.8. The maximum Gasteiger partial charge on any atom is 0.313 e. The van der Waals surface area contributed by atoms with Crippen molar-refractivity contribution in [1.29, 1.82) is 0 Å². The van der Waals surface area contributed by atoms with Gasteiger partial charge in [0.15, 0.2) is 4.77 Å². The number of carbonyl (C=O) groups excluding carboxylic acids is 1. The molecule has 3 aromatic rings. The van der Waals surface area contributed by atoms with Crippen molar-refractivity contribution in [1.82, 2.24) is 29.0 Å². The first-order chi connectivity index (χ1) is 13.5. The zero-order chi connectivity index (χ0) is 20.1. The van der Waals surface area contributed by atoms with Crippen molar-refractivity contribution in [2.45, 2.75) is 26.6 Å². The maximum absolute atomic E-state index is 11.7. The second kappa shape index (κ2) is 8.94. The third-order valence-corrected chi connectivity index (χ3v) is 4.71. The number of benzene rings is 1. The van der Waals surface area contributed by atoms with Gasteiger partial charge in [-0.2, -0.15) is 10.2 Å². The van der Waals surface area contributed by atoms with Crippen molar-refractivity contribution in [3.63, 3.8) is 0 Å². The van der Waals surface area contributed by atoms with Crippen LogP contribution in [0.25, 0.3) is 5.69 Å². The minimum Gasteiger partial charge on any atom is -0.466 e. The number of hydrogen-bond acceptors (Lipinski definition) is 6. The van der Waals surface area contributed by atoms with Crippen LogP contribution in [0, 0.1) is 4.77 Å². The van der Waals surface area contributed by atoms with Gasteiger partial charge < -0.3 is 9.30 Å². The maximum atomic E-state index is 11.7. The molecule has 0 radical (unpaired) electrons. The van der Waals surface area contributed by atoms with E-state index in [0.29, 0.717) is 30.4 Å². The third-order valence-electron chi connectivity index (χ3n) is 4.22. The van der Waals surface area contributed by atoms with E-state index in [4.69, 9.17) is 17.0 Å². The van der Waals surface area contributed by atoms with Crippen LogP contribution in [0.3, 0.4) is 0 Å². The zero-order valence-electron chi connectivity index (χ0n) is 16.3. The summed E-state index contributed by atoms with van der Waals surface area (Å²) in [5, 5.41) is 8.90. The Kier molecular flexibility index (Phi) is 6.37. The Labute approximate surface area is 169 Å².